The molecule has 1 aliphatic carbocycles. The van der Waals surface area contributed by atoms with Gasteiger partial charge in [-0.15, -0.1) is 0 Å². The second kappa shape index (κ2) is 8.50. The molecule has 0 saturated heterocycles. The number of carbonyl (C=O) groups excluding carboxylic acids is 1. The molecule has 2 aliphatic rings. The van der Waals surface area contributed by atoms with Crippen LogP contribution in [0.2, 0.25) is 0 Å². The van der Waals surface area contributed by atoms with Crippen molar-refractivity contribution in [2.24, 2.45) is 5.92 Å². The molecule has 0 radical (unpaired) electrons. The first-order valence-electron chi connectivity index (χ1n) is 9.95. The summed E-state index contributed by atoms with van der Waals surface area (Å²) in [5.74, 6) is 1.24. The number of hydrogen-bond acceptors (Lipinski definition) is 4. The van der Waals surface area contributed by atoms with Crippen LogP contribution in [0.4, 0.5) is 0 Å². The molecule has 27 heavy (non-hydrogen) atoms. The molecule has 5 nitrogen and oxygen atoms in total. The summed E-state index contributed by atoms with van der Waals surface area (Å²) < 4.78 is 7.35. The Hall–Kier alpha value is -1.11. The molecular formula is C21H31BrN2O3. The van der Waals surface area contributed by atoms with Gasteiger partial charge in [0.2, 0.25) is 5.91 Å². The Balaban J connectivity index is 1.70. The van der Waals surface area contributed by atoms with E-state index in [1.54, 1.807) is 0 Å². The van der Waals surface area contributed by atoms with Gasteiger partial charge in [0.15, 0.2) is 0 Å². The SMILES string of the molecule is CC(=O)N[C@@H](CC(C)C)[C@H](O)CN[C@H]1CC2(CCC2)Oc2ccc(Br)cc21. The summed E-state index contributed by atoms with van der Waals surface area (Å²) in [5.41, 5.74) is 1.08. The van der Waals surface area contributed by atoms with E-state index in [9.17, 15) is 9.90 Å². The van der Waals surface area contributed by atoms with Crippen LogP contribution >= 0.6 is 15.9 Å². The van der Waals surface area contributed by atoms with E-state index in [2.05, 4.69) is 46.5 Å². The summed E-state index contributed by atoms with van der Waals surface area (Å²) in [6.45, 7) is 6.13. The Bertz CT molecular complexity index is 675. The molecule has 1 saturated carbocycles. The van der Waals surface area contributed by atoms with Gasteiger partial charge in [0, 0.05) is 36.0 Å². The third-order valence-electron chi connectivity index (χ3n) is 5.67. The fourth-order valence-electron chi connectivity index (χ4n) is 4.19. The van der Waals surface area contributed by atoms with Gasteiger partial charge in [-0.2, -0.15) is 0 Å². The van der Waals surface area contributed by atoms with Crippen molar-refractivity contribution in [2.75, 3.05) is 6.54 Å². The zero-order chi connectivity index (χ0) is 19.6. The van der Waals surface area contributed by atoms with Crippen molar-refractivity contribution in [3.63, 3.8) is 0 Å². The van der Waals surface area contributed by atoms with Gasteiger partial charge in [-0.25, -0.2) is 0 Å². The van der Waals surface area contributed by atoms with Crippen LogP contribution in [0.15, 0.2) is 22.7 Å². The van der Waals surface area contributed by atoms with Crippen molar-refractivity contribution in [1.82, 2.24) is 10.6 Å². The van der Waals surface area contributed by atoms with Crippen molar-refractivity contribution >= 4 is 21.8 Å². The molecule has 6 heteroatoms. The van der Waals surface area contributed by atoms with Crippen molar-refractivity contribution in [3.8, 4) is 5.75 Å². The second-order valence-corrected chi connectivity index (χ2v) is 9.41. The molecule has 1 amide bonds. The molecule has 1 spiro atoms. The summed E-state index contributed by atoms with van der Waals surface area (Å²) in [7, 11) is 0. The van der Waals surface area contributed by atoms with Crippen LogP contribution < -0.4 is 15.4 Å². The number of hydrogen-bond donors (Lipinski definition) is 3. The van der Waals surface area contributed by atoms with Gasteiger partial charge in [0.1, 0.15) is 11.4 Å². The Morgan fingerprint density at radius 3 is 2.74 bits per heavy atom. The molecule has 3 N–H and O–H groups in total. The topological polar surface area (TPSA) is 70.6 Å². The first-order chi connectivity index (χ1) is 12.8. The third kappa shape index (κ3) is 5.04. The monoisotopic (exact) mass is 438 g/mol. The summed E-state index contributed by atoms with van der Waals surface area (Å²) in [6.07, 6.45) is 4.42. The molecular weight excluding hydrogens is 408 g/mol. The number of nitrogens with one attached hydrogen (secondary N) is 2. The molecule has 1 heterocycles. The number of aliphatic hydroxyl groups is 1. The van der Waals surface area contributed by atoms with Crippen LogP contribution in [0, 0.1) is 5.92 Å². The molecule has 150 valence electrons. The van der Waals surface area contributed by atoms with Crippen LogP contribution in [0.25, 0.3) is 0 Å². The average Bonchev–Trinajstić information content (AvgIpc) is 2.56. The number of aliphatic hydroxyl groups excluding tert-OH is 1. The number of benzene rings is 1. The normalized spacial score (nSPS) is 22.5. The lowest BCUT2D eigenvalue weighted by molar-refractivity contribution is -0.120. The van der Waals surface area contributed by atoms with Gasteiger partial charge in [0.05, 0.1) is 12.1 Å². The van der Waals surface area contributed by atoms with Crippen molar-refractivity contribution in [1.29, 1.82) is 0 Å². The number of ether oxygens (including phenoxy) is 1. The van der Waals surface area contributed by atoms with Gasteiger partial charge in [-0.05, 0) is 49.8 Å². The molecule has 0 bridgehead atoms. The van der Waals surface area contributed by atoms with Crippen LogP contribution in [0.3, 0.4) is 0 Å². The highest BCUT2D eigenvalue weighted by Gasteiger charge is 2.45. The van der Waals surface area contributed by atoms with Crippen LogP contribution in [0.1, 0.15) is 64.5 Å². The molecule has 1 fully saturated rings. The predicted octanol–water partition coefficient (Wildman–Crippen LogP) is 3.70. The average molecular weight is 439 g/mol. The molecule has 0 aromatic heterocycles. The molecule has 1 aromatic rings. The lowest BCUT2D eigenvalue weighted by Gasteiger charge is -2.48. The third-order valence-corrected chi connectivity index (χ3v) is 6.16. The van der Waals surface area contributed by atoms with Gasteiger partial charge < -0.3 is 20.5 Å². The van der Waals surface area contributed by atoms with E-state index in [1.807, 2.05) is 12.1 Å². The summed E-state index contributed by atoms with van der Waals surface area (Å²) in [6, 6.07) is 6.04. The van der Waals surface area contributed by atoms with Gasteiger partial charge >= 0.3 is 0 Å². The summed E-state index contributed by atoms with van der Waals surface area (Å²) in [4.78, 5) is 11.5. The van der Waals surface area contributed by atoms with Gasteiger partial charge in [-0.3, -0.25) is 4.79 Å². The standard InChI is InChI=1S/C21H31BrN2O3/c1-13(2)9-17(24-14(3)25)19(26)12-23-18-11-21(7-4-8-21)27-20-6-5-15(22)10-16(18)20/h5-6,10,13,17-19,23,26H,4,7-9,11-12H2,1-3H3,(H,24,25)/t17-,18-,19+/m0/s1. The van der Waals surface area contributed by atoms with E-state index < -0.39 is 6.10 Å². The van der Waals surface area contributed by atoms with E-state index >= 15 is 0 Å². The Labute approximate surface area is 170 Å². The van der Waals surface area contributed by atoms with Crippen molar-refractivity contribution in [3.05, 3.63) is 28.2 Å². The zero-order valence-electron chi connectivity index (χ0n) is 16.4. The van der Waals surface area contributed by atoms with Crippen molar-refractivity contribution in [2.45, 2.75) is 76.7 Å². The van der Waals surface area contributed by atoms with Crippen LogP contribution in [0.5, 0.6) is 5.75 Å². The largest absolute Gasteiger partial charge is 0.487 e. The fraction of sp³-hybridized carbons (Fsp3) is 0.667. The maximum Gasteiger partial charge on any atom is 0.217 e. The molecule has 3 atom stereocenters. The Morgan fingerprint density at radius 1 is 1.41 bits per heavy atom. The van der Waals surface area contributed by atoms with E-state index in [4.69, 9.17) is 4.74 Å². The number of halogens is 1. The Morgan fingerprint density at radius 2 is 2.15 bits per heavy atom. The molecule has 1 aliphatic heterocycles. The minimum atomic E-state index is -0.632. The Kier molecular flexibility index (Phi) is 6.49. The van der Waals surface area contributed by atoms with E-state index in [0.717, 1.165) is 41.5 Å². The molecule has 1 aromatic carbocycles. The van der Waals surface area contributed by atoms with Gasteiger partial charge in [-0.1, -0.05) is 29.8 Å². The highest BCUT2D eigenvalue weighted by atomic mass is 79.9. The number of amides is 1. The second-order valence-electron chi connectivity index (χ2n) is 8.49. The van der Waals surface area contributed by atoms with Crippen molar-refractivity contribution < 1.29 is 14.6 Å². The lowest BCUT2D eigenvalue weighted by atomic mass is 9.73. The summed E-state index contributed by atoms with van der Waals surface area (Å²) >= 11 is 3.55. The lowest BCUT2D eigenvalue weighted by Crippen LogP contribution is -2.51. The zero-order valence-corrected chi connectivity index (χ0v) is 18.0. The first-order valence-corrected chi connectivity index (χ1v) is 10.7. The predicted molar refractivity (Wildman–Crippen MR) is 110 cm³/mol. The number of rotatable bonds is 7. The van der Waals surface area contributed by atoms with Crippen LogP contribution in [-0.4, -0.2) is 35.3 Å². The highest BCUT2D eigenvalue weighted by molar-refractivity contribution is 9.10. The van der Waals surface area contributed by atoms with E-state index in [0.29, 0.717) is 12.5 Å². The fourth-order valence-corrected chi connectivity index (χ4v) is 4.57. The molecule has 0 unspecified atom stereocenters. The molecule has 3 rings (SSSR count). The highest BCUT2D eigenvalue weighted by Crippen LogP contribution is 2.49. The first kappa shape index (κ1) is 20.6. The maximum absolute atomic E-state index is 11.5. The number of carbonyl (C=O) groups is 1. The quantitative estimate of drug-likeness (QED) is 0.606. The van der Waals surface area contributed by atoms with E-state index in [1.165, 1.54) is 13.3 Å². The maximum atomic E-state index is 11.5. The number of fused-ring (bicyclic) bond motifs is 1. The summed E-state index contributed by atoms with van der Waals surface area (Å²) in [5, 5.41) is 17.2. The van der Waals surface area contributed by atoms with Gasteiger partial charge in [0.25, 0.3) is 0 Å². The van der Waals surface area contributed by atoms with Crippen LogP contribution in [-0.2, 0) is 4.79 Å². The smallest absolute Gasteiger partial charge is 0.217 e. The van der Waals surface area contributed by atoms with E-state index in [-0.39, 0.29) is 23.6 Å². The minimum Gasteiger partial charge on any atom is -0.487 e. The minimum absolute atomic E-state index is 0.0571.